The Morgan fingerprint density at radius 3 is 2.86 bits per heavy atom. The van der Waals surface area contributed by atoms with Gasteiger partial charge in [0.25, 0.3) is 0 Å². The van der Waals surface area contributed by atoms with E-state index in [1.807, 2.05) is 53.4 Å². The van der Waals surface area contributed by atoms with Crippen LogP contribution in [0, 0.1) is 0 Å². The van der Waals surface area contributed by atoms with E-state index in [4.69, 9.17) is 16.3 Å². The highest BCUT2D eigenvalue weighted by Crippen LogP contribution is 2.43. The highest BCUT2D eigenvalue weighted by atomic mass is 35.5. The fraction of sp³-hybridized carbons (Fsp3) is 0.364. The number of carbonyl (C=O) groups is 2. The van der Waals surface area contributed by atoms with Crippen LogP contribution in [0.25, 0.3) is 0 Å². The second-order valence-electron chi connectivity index (χ2n) is 7.51. The number of ether oxygens (including phenoxy) is 1. The van der Waals surface area contributed by atoms with Crippen LogP contribution in [0.15, 0.2) is 48.5 Å². The van der Waals surface area contributed by atoms with Crippen LogP contribution in [0.3, 0.4) is 0 Å². The van der Waals surface area contributed by atoms with Crippen molar-refractivity contribution in [1.29, 1.82) is 0 Å². The maximum Gasteiger partial charge on any atom is 0.232 e. The molecule has 28 heavy (non-hydrogen) atoms. The molecule has 5 nitrogen and oxygen atoms in total. The van der Waals surface area contributed by atoms with Gasteiger partial charge in [-0.2, -0.15) is 0 Å². The zero-order valence-corrected chi connectivity index (χ0v) is 16.5. The molecule has 2 atom stereocenters. The van der Waals surface area contributed by atoms with Crippen LogP contribution in [-0.2, 0) is 21.5 Å². The number of hydrogen-bond donors (Lipinski definition) is 1. The first kappa shape index (κ1) is 18.8. The second-order valence-corrected chi connectivity index (χ2v) is 7.91. The zero-order chi connectivity index (χ0) is 19.7. The highest BCUT2D eigenvalue weighted by molar-refractivity contribution is 6.31. The molecule has 1 N–H and O–H groups in total. The van der Waals surface area contributed by atoms with E-state index in [2.05, 4.69) is 5.32 Å². The number of halogens is 1. The molecule has 2 aliphatic rings. The Morgan fingerprint density at radius 2 is 2.11 bits per heavy atom. The van der Waals surface area contributed by atoms with Gasteiger partial charge in [-0.15, -0.1) is 0 Å². The van der Waals surface area contributed by atoms with Gasteiger partial charge in [-0.1, -0.05) is 41.9 Å². The van der Waals surface area contributed by atoms with E-state index in [-0.39, 0.29) is 17.9 Å². The summed E-state index contributed by atoms with van der Waals surface area (Å²) in [5.74, 6) is 0.755. The maximum atomic E-state index is 13.5. The first-order valence-corrected chi connectivity index (χ1v) is 9.87. The van der Waals surface area contributed by atoms with E-state index in [1.54, 1.807) is 7.11 Å². The minimum Gasteiger partial charge on any atom is -0.497 e. The minimum atomic E-state index is -0.781. The van der Waals surface area contributed by atoms with Gasteiger partial charge >= 0.3 is 0 Å². The molecule has 146 valence electrons. The third kappa shape index (κ3) is 3.24. The first-order valence-electron chi connectivity index (χ1n) is 9.49. The van der Waals surface area contributed by atoms with Gasteiger partial charge in [-0.3, -0.25) is 9.59 Å². The standard InChI is InChI=1S/C22H23ClN2O3/c1-28-18-7-4-6-16(11-18)22(12-17-9-10-20(26)25(17)14-22)21(27)24-13-15-5-2-3-8-19(15)23/h2-8,11,17H,9-10,12-14H2,1H3,(H,24,27)/t17-,22-/m0/s1. The van der Waals surface area contributed by atoms with Gasteiger partial charge in [-0.05, 0) is 42.2 Å². The molecule has 2 saturated heterocycles. The smallest absolute Gasteiger partial charge is 0.232 e. The van der Waals surface area contributed by atoms with Gasteiger partial charge in [0.1, 0.15) is 5.75 Å². The summed E-state index contributed by atoms with van der Waals surface area (Å²) in [4.78, 5) is 27.6. The molecule has 2 aliphatic heterocycles. The van der Waals surface area contributed by atoms with E-state index in [9.17, 15) is 9.59 Å². The van der Waals surface area contributed by atoms with Crippen LogP contribution in [0.1, 0.15) is 30.4 Å². The average molecular weight is 399 g/mol. The number of benzene rings is 2. The summed E-state index contributed by atoms with van der Waals surface area (Å²) in [6.07, 6.45) is 2.00. The summed E-state index contributed by atoms with van der Waals surface area (Å²) in [6, 6.07) is 15.2. The fourth-order valence-corrected chi connectivity index (χ4v) is 4.59. The van der Waals surface area contributed by atoms with Gasteiger partial charge in [0, 0.05) is 30.6 Å². The molecule has 0 bridgehead atoms. The molecule has 6 heteroatoms. The molecule has 2 heterocycles. The third-order valence-electron chi connectivity index (χ3n) is 5.93. The van der Waals surface area contributed by atoms with Crippen molar-refractivity contribution >= 4 is 23.4 Å². The maximum absolute atomic E-state index is 13.5. The highest BCUT2D eigenvalue weighted by Gasteiger charge is 2.53. The van der Waals surface area contributed by atoms with Crippen LogP contribution >= 0.6 is 11.6 Å². The number of amides is 2. The molecule has 2 amide bonds. The Balaban J connectivity index is 1.64. The van der Waals surface area contributed by atoms with Gasteiger partial charge in [0.05, 0.1) is 12.5 Å². The molecule has 0 radical (unpaired) electrons. The molecule has 0 spiro atoms. The Bertz CT molecular complexity index is 916. The Labute approximate surface area is 169 Å². The van der Waals surface area contributed by atoms with Gasteiger partial charge in [-0.25, -0.2) is 0 Å². The SMILES string of the molecule is COc1cccc([C@]2(C(=O)NCc3ccccc3Cl)C[C@@H]3CCC(=O)N3C2)c1. The van der Waals surface area contributed by atoms with Gasteiger partial charge in [0.15, 0.2) is 0 Å². The molecule has 2 aromatic rings. The summed E-state index contributed by atoms with van der Waals surface area (Å²) in [5, 5.41) is 3.69. The van der Waals surface area contributed by atoms with Crippen molar-refractivity contribution in [2.75, 3.05) is 13.7 Å². The van der Waals surface area contributed by atoms with E-state index in [0.29, 0.717) is 36.7 Å². The van der Waals surface area contributed by atoms with Crippen molar-refractivity contribution < 1.29 is 14.3 Å². The zero-order valence-electron chi connectivity index (χ0n) is 15.8. The lowest BCUT2D eigenvalue weighted by molar-refractivity contribution is -0.129. The average Bonchev–Trinajstić information content (AvgIpc) is 3.27. The van der Waals surface area contributed by atoms with Gasteiger partial charge in [0.2, 0.25) is 11.8 Å². The van der Waals surface area contributed by atoms with Crippen molar-refractivity contribution in [3.8, 4) is 5.75 Å². The first-order chi connectivity index (χ1) is 13.5. The molecule has 0 aliphatic carbocycles. The number of nitrogens with zero attached hydrogens (tertiary/aromatic N) is 1. The molecule has 2 fully saturated rings. The van der Waals surface area contributed by atoms with E-state index in [1.165, 1.54) is 0 Å². The number of fused-ring (bicyclic) bond motifs is 1. The summed E-state index contributed by atoms with van der Waals surface area (Å²) >= 11 is 6.23. The van der Waals surface area contributed by atoms with Crippen LogP contribution in [0.4, 0.5) is 0 Å². The lowest BCUT2D eigenvalue weighted by Gasteiger charge is -2.29. The second kappa shape index (κ2) is 7.47. The number of nitrogens with one attached hydrogen (secondary N) is 1. The predicted molar refractivity (Wildman–Crippen MR) is 107 cm³/mol. The molecule has 0 aromatic heterocycles. The van der Waals surface area contributed by atoms with E-state index in [0.717, 1.165) is 17.5 Å². The molecular formula is C22H23ClN2O3. The lowest BCUT2D eigenvalue weighted by Crippen LogP contribution is -2.46. The largest absolute Gasteiger partial charge is 0.497 e. The van der Waals surface area contributed by atoms with Gasteiger partial charge < -0.3 is 15.0 Å². The third-order valence-corrected chi connectivity index (χ3v) is 6.30. The summed E-state index contributed by atoms with van der Waals surface area (Å²) < 4.78 is 5.37. The number of carbonyl (C=O) groups excluding carboxylic acids is 2. The number of rotatable bonds is 5. The van der Waals surface area contributed by atoms with Crippen LogP contribution < -0.4 is 10.1 Å². The van der Waals surface area contributed by atoms with Crippen molar-refractivity contribution in [2.45, 2.75) is 37.3 Å². The van der Waals surface area contributed by atoms with Crippen LogP contribution in [0.5, 0.6) is 5.75 Å². The summed E-state index contributed by atoms with van der Waals surface area (Å²) in [6.45, 7) is 0.751. The summed E-state index contributed by atoms with van der Waals surface area (Å²) in [5.41, 5.74) is 0.967. The van der Waals surface area contributed by atoms with Crippen LogP contribution in [-0.4, -0.2) is 36.4 Å². The van der Waals surface area contributed by atoms with E-state index < -0.39 is 5.41 Å². The lowest BCUT2D eigenvalue weighted by atomic mass is 9.76. The topological polar surface area (TPSA) is 58.6 Å². The quantitative estimate of drug-likeness (QED) is 0.840. The predicted octanol–water partition coefficient (Wildman–Crippen LogP) is 3.30. The van der Waals surface area contributed by atoms with E-state index >= 15 is 0 Å². The Morgan fingerprint density at radius 1 is 1.29 bits per heavy atom. The van der Waals surface area contributed by atoms with Crippen molar-refractivity contribution in [1.82, 2.24) is 10.2 Å². The minimum absolute atomic E-state index is 0.0807. The van der Waals surface area contributed by atoms with Crippen molar-refractivity contribution in [3.63, 3.8) is 0 Å². The Kier molecular flexibility index (Phi) is 5.02. The van der Waals surface area contributed by atoms with Crippen molar-refractivity contribution in [3.05, 3.63) is 64.7 Å². The summed E-state index contributed by atoms with van der Waals surface area (Å²) in [7, 11) is 1.61. The molecule has 0 unspecified atom stereocenters. The molecule has 4 rings (SSSR count). The number of methoxy groups -OCH3 is 1. The fourth-order valence-electron chi connectivity index (χ4n) is 4.39. The molecule has 2 aromatic carbocycles. The molecule has 0 saturated carbocycles. The normalized spacial score (nSPS) is 23.6. The Hall–Kier alpha value is -2.53. The molecular weight excluding hydrogens is 376 g/mol. The van der Waals surface area contributed by atoms with Crippen molar-refractivity contribution in [2.24, 2.45) is 0 Å². The monoisotopic (exact) mass is 398 g/mol. The van der Waals surface area contributed by atoms with Crippen LogP contribution in [0.2, 0.25) is 5.02 Å². The number of hydrogen-bond acceptors (Lipinski definition) is 3.